The van der Waals surface area contributed by atoms with Crippen LogP contribution in [0.2, 0.25) is 0 Å². The number of hydrogen-bond acceptors (Lipinski definition) is 4. The van der Waals surface area contributed by atoms with E-state index in [2.05, 4.69) is 278 Å². The summed E-state index contributed by atoms with van der Waals surface area (Å²) in [4.78, 5) is 0. The first-order chi connectivity index (χ1) is 65.0. The number of halogens is 6. The molecule has 22 rings (SSSR count). The predicted octanol–water partition coefficient (Wildman–Crippen LogP) is 32.5. The molecule has 0 amide bonds. The van der Waals surface area contributed by atoms with Gasteiger partial charge < -0.3 is 18.3 Å². The fourth-order valence-electron chi connectivity index (χ4n) is 20.6. The van der Waals surface area contributed by atoms with E-state index in [0.29, 0.717) is 33.9 Å². The zero-order chi connectivity index (χ0) is 92.0. The number of alkyl halides is 6. The summed E-state index contributed by atoms with van der Waals surface area (Å²) < 4.78 is 97.0. The molecule has 8 nitrogen and oxygen atoms in total. The highest BCUT2D eigenvalue weighted by Gasteiger charge is 2.35. The van der Waals surface area contributed by atoms with Gasteiger partial charge in [-0.3, -0.25) is 0 Å². The van der Waals surface area contributed by atoms with E-state index in [9.17, 15) is 47.4 Å². The molecule has 0 aliphatic rings. The second-order valence-electron chi connectivity index (χ2n) is 34.8. The summed E-state index contributed by atoms with van der Waals surface area (Å²) in [6, 6.07) is 123. The second kappa shape index (κ2) is 31.8. The van der Waals surface area contributed by atoms with Gasteiger partial charge in [0.15, 0.2) is 0 Å². The molecule has 22 aromatic rings. The number of benzene rings is 18. The molecule has 0 N–H and O–H groups in total. The van der Waals surface area contributed by atoms with E-state index in [4.69, 9.17) is 0 Å². The molecule has 134 heavy (non-hydrogen) atoms. The Bertz CT molecular complexity index is 8900. The Balaban J connectivity index is 0.666. The quantitative estimate of drug-likeness (QED) is 0.107. The minimum Gasteiger partial charge on any atom is -0.309 e. The van der Waals surface area contributed by atoms with E-state index < -0.39 is 23.5 Å². The minimum atomic E-state index is -4.76. The standard InChI is InChI=1S/C120H76F6N8/c1-69-19-7-11-23-89(69)77-35-47-109-101(55-77)102-58-80(38-48-110(102)131(109)113-63-105(95-45-39-87(119(121,122)123)53-83(95)65-127)117(61-85(113)67-129)132-111-49-36-78(90-24-12-8-20-70(90)2)56-103(111)104-57-79(37-50-112(104)132)91-25-13-9-21-71(91)3)93-41-31-75(51-73(93)5)76-32-42-94(74(6)52-76)82-34-44-99-97-27-15-17-29-107(97)133(115(99)60-82)114-64-106(96-46-40-88(120(124,125)126)54-84(96)66-128)118(62-86(114)68-130)134-108-30-18-16-28-98(108)100-43-33-81(59-116(100)134)92-26-14-10-22-72(92)4/h7-64H,1-6H3. The van der Waals surface area contributed by atoms with Crippen molar-refractivity contribution in [3.63, 3.8) is 0 Å². The average Bonchev–Trinajstić information content (AvgIpc) is 1.56. The molecule has 0 aliphatic carbocycles. The summed E-state index contributed by atoms with van der Waals surface area (Å²) in [5, 5.41) is 52.9. The highest BCUT2D eigenvalue weighted by atomic mass is 19.4. The molecule has 0 spiro atoms. The smallest absolute Gasteiger partial charge is 0.309 e. The largest absolute Gasteiger partial charge is 0.416 e. The lowest BCUT2D eigenvalue weighted by atomic mass is 9.92. The van der Waals surface area contributed by atoms with Crippen molar-refractivity contribution in [2.45, 2.75) is 53.9 Å². The summed E-state index contributed by atoms with van der Waals surface area (Å²) in [5.74, 6) is 0. The van der Waals surface area contributed by atoms with E-state index in [1.807, 2.05) is 121 Å². The van der Waals surface area contributed by atoms with Gasteiger partial charge in [0.25, 0.3) is 0 Å². The molecule has 0 saturated heterocycles. The zero-order valence-electron chi connectivity index (χ0n) is 73.3. The number of fused-ring (bicyclic) bond motifs is 12. The maximum Gasteiger partial charge on any atom is 0.416 e. The number of nitriles is 4. The molecular weight excluding hydrogens is 1670 g/mol. The first-order valence-corrected chi connectivity index (χ1v) is 44.1. The topological polar surface area (TPSA) is 115 Å². The van der Waals surface area contributed by atoms with Crippen molar-refractivity contribution in [3.8, 4) is 147 Å². The van der Waals surface area contributed by atoms with Gasteiger partial charge in [0, 0.05) is 65.3 Å². The van der Waals surface area contributed by atoms with Gasteiger partial charge in [0.05, 0.1) is 112 Å². The molecular formula is C120H76F6N8. The third-order valence-electron chi connectivity index (χ3n) is 27.1. The highest BCUT2D eigenvalue weighted by Crippen LogP contribution is 2.50. The molecule has 0 radical (unpaired) electrons. The molecule has 4 aromatic heterocycles. The fourth-order valence-corrected chi connectivity index (χ4v) is 20.6. The highest BCUT2D eigenvalue weighted by molar-refractivity contribution is 6.16. The molecule has 0 bridgehead atoms. The molecule has 0 aliphatic heterocycles. The van der Waals surface area contributed by atoms with Crippen molar-refractivity contribution >= 4 is 87.2 Å². The van der Waals surface area contributed by atoms with E-state index in [0.717, 1.165) is 223 Å². The van der Waals surface area contributed by atoms with E-state index >= 15 is 0 Å². The lowest BCUT2D eigenvalue weighted by Gasteiger charge is -2.20. The zero-order valence-corrected chi connectivity index (χ0v) is 73.3. The van der Waals surface area contributed by atoms with E-state index in [1.165, 1.54) is 12.1 Å². The van der Waals surface area contributed by atoms with Crippen molar-refractivity contribution in [3.05, 3.63) is 419 Å². The first kappa shape index (κ1) is 82.4. The van der Waals surface area contributed by atoms with Gasteiger partial charge in [-0.15, -0.1) is 0 Å². The van der Waals surface area contributed by atoms with Crippen molar-refractivity contribution in [1.29, 1.82) is 21.0 Å². The van der Waals surface area contributed by atoms with Gasteiger partial charge in [0.2, 0.25) is 0 Å². The van der Waals surface area contributed by atoms with Crippen LogP contribution in [0.15, 0.2) is 352 Å². The Hall–Kier alpha value is -17.3. The monoisotopic (exact) mass is 1740 g/mol. The first-order valence-electron chi connectivity index (χ1n) is 44.1. The van der Waals surface area contributed by atoms with Crippen LogP contribution < -0.4 is 0 Å². The van der Waals surface area contributed by atoms with Crippen LogP contribution in [0.4, 0.5) is 26.3 Å². The van der Waals surface area contributed by atoms with Crippen LogP contribution in [0.5, 0.6) is 0 Å². The third-order valence-corrected chi connectivity index (χ3v) is 27.1. The molecule has 18 aromatic carbocycles. The summed E-state index contributed by atoms with van der Waals surface area (Å²) in [5.41, 5.74) is 27.9. The number of aryl methyl sites for hydroxylation is 6. The van der Waals surface area contributed by atoms with Gasteiger partial charge in [-0.1, -0.05) is 231 Å². The van der Waals surface area contributed by atoms with Crippen LogP contribution in [0.1, 0.15) is 66.8 Å². The molecule has 14 heteroatoms. The summed E-state index contributed by atoms with van der Waals surface area (Å²) in [6.07, 6.45) is -9.49. The lowest BCUT2D eigenvalue weighted by Crippen LogP contribution is -2.07. The maximum absolute atomic E-state index is 14.9. The molecule has 638 valence electrons. The van der Waals surface area contributed by atoms with E-state index in [-0.39, 0.29) is 33.4 Å². The Morgan fingerprint density at radius 3 is 0.776 bits per heavy atom. The van der Waals surface area contributed by atoms with Crippen molar-refractivity contribution in [1.82, 2.24) is 18.3 Å². The van der Waals surface area contributed by atoms with Gasteiger partial charge in [-0.2, -0.15) is 47.4 Å². The summed E-state index contributed by atoms with van der Waals surface area (Å²) in [7, 11) is 0. The van der Waals surface area contributed by atoms with Gasteiger partial charge in [-0.25, -0.2) is 0 Å². The fraction of sp³-hybridized carbons (Fsp3) is 0.0667. The Morgan fingerprint density at radius 2 is 0.448 bits per heavy atom. The second-order valence-corrected chi connectivity index (χ2v) is 34.8. The SMILES string of the molecule is Cc1ccccc1-c1ccc2c(c1)c1cc(-c3ccc(-c4ccc(-c5ccc6c7ccccc7n(-c7cc(-c8ccc(C(F)(F)F)cc8C#N)c(-n8c9ccccc9c9ccc(-c%10ccccc%10C)cc98)cc7C#N)c6c5)c(C)c4)cc3C)ccc1n2-c1cc(-c2ccc(C(F)(F)F)cc2C#N)c(-n2c3ccc(-c4ccccc4C)cc3c3cc(-c4ccccc4C)ccc32)cc1C#N. The molecule has 0 atom stereocenters. The third kappa shape index (κ3) is 13.6. The molecule has 0 unspecified atom stereocenters. The number of para-hydroxylation sites is 2. The van der Waals surface area contributed by atoms with Gasteiger partial charge >= 0.3 is 12.4 Å². The Morgan fingerprint density at radius 1 is 0.187 bits per heavy atom. The molecule has 0 fully saturated rings. The van der Waals surface area contributed by atoms with Crippen LogP contribution >= 0.6 is 0 Å². The van der Waals surface area contributed by atoms with Crippen molar-refractivity contribution < 1.29 is 26.3 Å². The van der Waals surface area contributed by atoms with Gasteiger partial charge in [-0.05, 0) is 274 Å². The van der Waals surface area contributed by atoms with Crippen molar-refractivity contribution in [2.24, 2.45) is 0 Å². The number of aromatic nitrogens is 4. The maximum atomic E-state index is 14.9. The van der Waals surface area contributed by atoms with Crippen LogP contribution in [0.3, 0.4) is 0 Å². The summed E-state index contributed by atoms with van der Waals surface area (Å²) in [6.45, 7) is 12.5. The molecule has 0 saturated carbocycles. The van der Waals surface area contributed by atoms with Crippen LogP contribution in [0, 0.1) is 86.9 Å². The predicted molar refractivity (Wildman–Crippen MR) is 530 cm³/mol. The van der Waals surface area contributed by atoms with Crippen LogP contribution in [0.25, 0.3) is 210 Å². The molecule has 4 heterocycles. The van der Waals surface area contributed by atoms with Crippen LogP contribution in [-0.2, 0) is 12.4 Å². The lowest BCUT2D eigenvalue weighted by molar-refractivity contribution is -0.138. The number of nitrogens with zero attached hydrogens (tertiary/aromatic N) is 8. The van der Waals surface area contributed by atoms with Gasteiger partial charge in [0.1, 0.15) is 12.1 Å². The Kier molecular flexibility index (Phi) is 19.6. The number of rotatable bonds is 13. The van der Waals surface area contributed by atoms with Crippen molar-refractivity contribution in [2.75, 3.05) is 0 Å². The summed E-state index contributed by atoms with van der Waals surface area (Å²) >= 11 is 0. The minimum absolute atomic E-state index is 0.185. The van der Waals surface area contributed by atoms with Crippen LogP contribution in [-0.4, -0.2) is 18.3 Å². The normalized spacial score (nSPS) is 11.9. The van der Waals surface area contributed by atoms with E-state index in [1.54, 1.807) is 0 Å². The Labute approximate surface area is 767 Å². The average molecular weight is 1740 g/mol. The number of hydrogen-bond donors (Lipinski definition) is 0.